The number of carbonyl (C=O) groups excluding carboxylic acids is 5. The number of fused-ring (bicyclic) bond motifs is 1. The molecular formula is C38H45N5O7S. The first-order valence-electron chi connectivity index (χ1n) is 16.8. The van der Waals surface area contributed by atoms with Crippen molar-refractivity contribution >= 4 is 51.3 Å². The molecule has 4 rings (SSSR count). The number of alkyl carbamates (subject to hydrolysis) is 2. The van der Waals surface area contributed by atoms with E-state index in [1.807, 2.05) is 86.6 Å². The number of amides is 4. The third-order valence-corrected chi connectivity index (χ3v) is 8.48. The van der Waals surface area contributed by atoms with E-state index in [1.165, 1.54) is 11.3 Å². The number of rotatable bonds is 15. The molecule has 270 valence electrons. The number of ether oxygens (including phenoxy) is 2. The first kappa shape index (κ1) is 38.5. The van der Waals surface area contributed by atoms with Gasteiger partial charge < -0.3 is 30.7 Å². The summed E-state index contributed by atoms with van der Waals surface area (Å²) >= 11 is 1.17. The van der Waals surface area contributed by atoms with Gasteiger partial charge in [0.1, 0.15) is 30.3 Å². The lowest BCUT2D eigenvalue weighted by Gasteiger charge is -2.26. The van der Waals surface area contributed by atoms with Gasteiger partial charge in [0.05, 0.1) is 10.2 Å². The van der Waals surface area contributed by atoms with Gasteiger partial charge in [0, 0.05) is 13.0 Å². The first-order chi connectivity index (χ1) is 24.3. The molecule has 0 radical (unpaired) electrons. The summed E-state index contributed by atoms with van der Waals surface area (Å²) in [5.41, 5.74) is 1.36. The molecule has 3 atom stereocenters. The average Bonchev–Trinajstić information content (AvgIpc) is 3.53. The van der Waals surface area contributed by atoms with Crippen molar-refractivity contribution in [3.63, 3.8) is 0 Å². The fourth-order valence-corrected chi connectivity index (χ4v) is 6.01. The van der Waals surface area contributed by atoms with E-state index >= 15 is 0 Å². The molecule has 0 spiro atoms. The van der Waals surface area contributed by atoms with Gasteiger partial charge in [-0.25, -0.2) is 14.6 Å². The van der Waals surface area contributed by atoms with Gasteiger partial charge in [0.2, 0.25) is 17.6 Å². The van der Waals surface area contributed by atoms with Crippen molar-refractivity contribution in [2.75, 3.05) is 6.54 Å². The molecule has 0 saturated heterocycles. The van der Waals surface area contributed by atoms with Crippen LogP contribution in [-0.4, -0.2) is 65.0 Å². The Labute approximate surface area is 301 Å². The highest BCUT2D eigenvalue weighted by Crippen LogP contribution is 2.23. The number of hydrogen-bond donors (Lipinski definition) is 4. The molecule has 0 fully saturated rings. The van der Waals surface area contributed by atoms with E-state index < -0.39 is 53.5 Å². The number of nitrogens with zero attached hydrogens (tertiary/aromatic N) is 1. The van der Waals surface area contributed by atoms with Crippen LogP contribution in [0.2, 0.25) is 0 Å². The van der Waals surface area contributed by atoms with E-state index in [0.717, 1.165) is 15.8 Å². The van der Waals surface area contributed by atoms with Crippen LogP contribution in [0.3, 0.4) is 0 Å². The normalized spacial score (nSPS) is 13.1. The molecular weight excluding hydrogens is 671 g/mol. The summed E-state index contributed by atoms with van der Waals surface area (Å²) in [5.74, 6) is -1.79. The number of ketones is 1. The Balaban J connectivity index is 1.55. The minimum absolute atomic E-state index is 0.00585. The smallest absolute Gasteiger partial charge is 0.408 e. The topological polar surface area (TPSA) is 165 Å². The van der Waals surface area contributed by atoms with Crippen LogP contribution in [0.25, 0.3) is 10.2 Å². The Bertz CT molecular complexity index is 1760. The van der Waals surface area contributed by atoms with Crippen LogP contribution in [-0.2, 0) is 32.1 Å². The average molecular weight is 716 g/mol. The lowest BCUT2D eigenvalue weighted by Crippen LogP contribution is -2.58. The van der Waals surface area contributed by atoms with Gasteiger partial charge >= 0.3 is 12.2 Å². The quantitative estimate of drug-likeness (QED) is 0.116. The van der Waals surface area contributed by atoms with E-state index in [1.54, 1.807) is 32.9 Å². The number of Topliss-reactive ketones (excluding diaryl/α,β-unsaturated/α-hetero) is 1. The molecule has 51 heavy (non-hydrogen) atoms. The van der Waals surface area contributed by atoms with Gasteiger partial charge in [0.25, 0.3) is 0 Å². The van der Waals surface area contributed by atoms with E-state index in [9.17, 15) is 24.0 Å². The molecule has 1 aromatic heterocycles. The zero-order chi connectivity index (χ0) is 37.0. The molecule has 4 N–H and O–H groups in total. The second-order valence-electron chi connectivity index (χ2n) is 13.4. The van der Waals surface area contributed by atoms with Crippen molar-refractivity contribution in [1.82, 2.24) is 26.3 Å². The fourth-order valence-electron chi connectivity index (χ4n) is 5.05. The number of nitrogens with one attached hydrogen (secondary N) is 4. The summed E-state index contributed by atoms with van der Waals surface area (Å²) in [4.78, 5) is 71.5. The van der Waals surface area contributed by atoms with Crippen molar-refractivity contribution < 1.29 is 33.4 Å². The summed E-state index contributed by atoms with van der Waals surface area (Å²) in [6, 6.07) is 22.0. The van der Waals surface area contributed by atoms with E-state index in [2.05, 4.69) is 26.3 Å². The Morgan fingerprint density at radius 1 is 0.725 bits per heavy atom. The SMILES string of the molecule is CC(C)C[C@H](NC(=O)OCc1ccccc1)C(=O)N[C@@H](Cc1ccccc1)C(=O)N[C@@H](CNC(=O)OC(C)(C)C)C(=O)c1nc2ccccc2s1. The highest BCUT2D eigenvalue weighted by molar-refractivity contribution is 7.20. The number of aromatic nitrogens is 1. The minimum Gasteiger partial charge on any atom is -0.445 e. The van der Waals surface area contributed by atoms with Gasteiger partial charge in [-0.2, -0.15) is 0 Å². The molecule has 0 saturated carbocycles. The van der Waals surface area contributed by atoms with E-state index in [4.69, 9.17) is 9.47 Å². The van der Waals surface area contributed by atoms with Gasteiger partial charge in [-0.05, 0) is 56.4 Å². The molecule has 1 heterocycles. The van der Waals surface area contributed by atoms with E-state index in [0.29, 0.717) is 5.52 Å². The van der Waals surface area contributed by atoms with Gasteiger partial charge in [0.15, 0.2) is 5.01 Å². The zero-order valence-corrected chi connectivity index (χ0v) is 30.3. The molecule has 0 aliphatic carbocycles. The maximum Gasteiger partial charge on any atom is 0.408 e. The van der Waals surface area contributed by atoms with Crippen molar-refractivity contribution in [3.8, 4) is 0 Å². The predicted octanol–water partition coefficient (Wildman–Crippen LogP) is 5.56. The lowest BCUT2D eigenvalue weighted by atomic mass is 10.0. The maximum atomic E-state index is 14.1. The minimum atomic E-state index is -1.25. The fraction of sp³-hybridized carbons (Fsp3) is 0.368. The summed E-state index contributed by atoms with van der Waals surface area (Å²) in [5, 5.41) is 10.9. The van der Waals surface area contributed by atoms with Crippen molar-refractivity contribution in [1.29, 1.82) is 0 Å². The Morgan fingerprint density at radius 3 is 1.94 bits per heavy atom. The molecule has 4 aromatic rings. The summed E-state index contributed by atoms with van der Waals surface area (Å²) in [7, 11) is 0. The number of thiazole rings is 1. The van der Waals surface area contributed by atoms with Crippen LogP contribution in [0.4, 0.5) is 9.59 Å². The zero-order valence-electron chi connectivity index (χ0n) is 29.4. The first-order valence-corrected chi connectivity index (χ1v) is 17.6. The van der Waals surface area contributed by atoms with E-state index in [-0.39, 0.29) is 36.9 Å². The van der Waals surface area contributed by atoms with Crippen LogP contribution in [0.5, 0.6) is 0 Å². The number of hydrogen-bond acceptors (Lipinski definition) is 9. The molecule has 4 amide bonds. The van der Waals surface area contributed by atoms with Crippen LogP contribution >= 0.6 is 11.3 Å². The molecule has 0 aliphatic heterocycles. The Hall–Kier alpha value is -5.30. The predicted molar refractivity (Wildman–Crippen MR) is 195 cm³/mol. The molecule has 13 heteroatoms. The van der Waals surface area contributed by atoms with Crippen LogP contribution < -0.4 is 21.3 Å². The van der Waals surface area contributed by atoms with Gasteiger partial charge in [-0.15, -0.1) is 11.3 Å². The van der Waals surface area contributed by atoms with Crippen molar-refractivity contribution in [2.24, 2.45) is 5.92 Å². The highest BCUT2D eigenvalue weighted by Gasteiger charge is 2.32. The second kappa shape index (κ2) is 18.1. The Morgan fingerprint density at radius 2 is 1.31 bits per heavy atom. The third kappa shape index (κ3) is 12.5. The third-order valence-electron chi connectivity index (χ3n) is 7.43. The van der Waals surface area contributed by atoms with Crippen LogP contribution in [0, 0.1) is 5.92 Å². The number of carbonyl (C=O) groups is 5. The van der Waals surface area contributed by atoms with Crippen LogP contribution in [0.1, 0.15) is 62.0 Å². The lowest BCUT2D eigenvalue weighted by molar-refractivity contribution is -0.130. The standard InChI is InChI=1S/C38H45N5O7S/c1-24(2)20-28(43-37(48)49-23-26-16-10-7-11-17-26)33(45)40-29(21-25-14-8-6-9-15-25)34(46)41-30(22-39-36(47)50-38(3,4)5)32(44)35-42-27-18-12-13-19-31(27)51-35/h6-19,24,28-30H,20-23H2,1-5H3,(H,39,47)(H,40,45)(H,41,46)(H,43,48)/t28-,29-,30-/m0/s1. The Kier molecular flexibility index (Phi) is 13.7. The number of para-hydroxylation sites is 1. The van der Waals surface area contributed by atoms with Gasteiger partial charge in [-0.1, -0.05) is 86.6 Å². The molecule has 0 bridgehead atoms. The molecule has 0 aliphatic rings. The molecule has 12 nitrogen and oxygen atoms in total. The largest absolute Gasteiger partial charge is 0.445 e. The summed E-state index contributed by atoms with van der Waals surface area (Å²) in [6.45, 7) is 8.65. The van der Waals surface area contributed by atoms with Crippen molar-refractivity contribution in [3.05, 3.63) is 101 Å². The second-order valence-corrected chi connectivity index (χ2v) is 14.5. The summed E-state index contributed by atoms with van der Waals surface area (Å²) in [6.07, 6.45) is -1.20. The summed E-state index contributed by atoms with van der Waals surface area (Å²) < 4.78 is 11.5. The van der Waals surface area contributed by atoms with Crippen molar-refractivity contribution in [2.45, 2.75) is 77.8 Å². The monoisotopic (exact) mass is 715 g/mol. The van der Waals surface area contributed by atoms with Crippen LogP contribution in [0.15, 0.2) is 84.9 Å². The highest BCUT2D eigenvalue weighted by atomic mass is 32.1. The molecule has 3 aromatic carbocycles. The number of benzene rings is 3. The van der Waals surface area contributed by atoms with Gasteiger partial charge in [-0.3, -0.25) is 14.4 Å². The maximum absolute atomic E-state index is 14.1. The molecule has 0 unspecified atom stereocenters.